The van der Waals surface area contributed by atoms with E-state index in [2.05, 4.69) is 83.4 Å². The van der Waals surface area contributed by atoms with Crippen LogP contribution in [0.25, 0.3) is 10.8 Å². The molecule has 1 saturated heterocycles. The number of fused-ring (bicyclic) bond motifs is 1. The molecule has 0 saturated carbocycles. The third kappa shape index (κ3) is 3.24. The molecule has 112 valence electrons. The number of hydrogen-bond donors (Lipinski definition) is 1. The summed E-state index contributed by atoms with van der Waals surface area (Å²) in [4.78, 5) is 2.46. The number of likely N-dealkylation sites (tertiary alicyclic amines) is 1. The van der Waals surface area contributed by atoms with Gasteiger partial charge >= 0.3 is 0 Å². The maximum atomic E-state index is 3.75. The Hall–Kier alpha value is -1.06. The summed E-state index contributed by atoms with van der Waals surface area (Å²) in [6.07, 6.45) is 1.20. The van der Waals surface area contributed by atoms with Crippen LogP contribution in [0.2, 0.25) is 0 Å². The minimum atomic E-state index is 0.559. The van der Waals surface area contributed by atoms with Crippen molar-refractivity contribution < 1.29 is 0 Å². The standard InChI is InChI=1S/C18H23BrN2/c1-12-11-21(3)13(2)8-18(12)20-17-7-5-14-9-16(19)6-4-15(14)10-17/h4-7,9-10,12-13,18,20H,8,11H2,1-3H3. The van der Waals surface area contributed by atoms with Crippen molar-refractivity contribution in [2.75, 3.05) is 18.9 Å². The fourth-order valence-electron chi connectivity index (χ4n) is 3.26. The number of nitrogens with one attached hydrogen (secondary N) is 1. The zero-order chi connectivity index (χ0) is 15.0. The maximum absolute atomic E-state index is 3.75. The number of anilines is 1. The first-order chi connectivity index (χ1) is 10.0. The molecular formula is C18H23BrN2. The van der Waals surface area contributed by atoms with Gasteiger partial charge in [0, 0.05) is 28.8 Å². The fraction of sp³-hybridized carbons (Fsp3) is 0.444. The Kier molecular flexibility index (Phi) is 4.23. The molecule has 2 aromatic carbocycles. The summed E-state index contributed by atoms with van der Waals surface area (Å²) >= 11 is 3.53. The van der Waals surface area contributed by atoms with E-state index in [-0.39, 0.29) is 0 Å². The average molecular weight is 347 g/mol. The third-order valence-electron chi connectivity index (χ3n) is 4.76. The Balaban J connectivity index is 1.80. The van der Waals surface area contributed by atoms with Crippen molar-refractivity contribution in [3.63, 3.8) is 0 Å². The Morgan fingerprint density at radius 2 is 1.81 bits per heavy atom. The van der Waals surface area contributed by atoms with Crippen molar-refractivity contribution in [2.24, 2.45) is 5.92 Å². The van der Waals surface area contributed by atoms with Crippen LogP contribution in [0.5, 0.6) is 0 Å². The molecule has 21 heavy (non-hydrogen) atoms. The highest BCUT2D eigenvalue weighted by molar-refractivity contribution is 9.10. The highest BCUT2D eigenvalue weighted by Gasteiger charge is 2.28. The van der Waals surface area contributed by atoms with Gasteiger partial charge in [0.25, 0.3) is 0 Å². The molecule has 2 aromatic rings. The number of rotatable bonds is 2. The second kappa shape index (κ2) is 5.98. The molecule has 1 aliphatic heterocycles. The second-order valence-electron chi connectivity index (χ2n) is 6.46. The summed E-state index contributed by atoms with van der Waals surface area (Å²) < 4.78 is 1.13. The summed E-state index contributed by atoms with van der Waals surface area (Å²) in [5, 5.41) is 6.32. The van der Waals surface area contributed by atoms with Crippen molar-refractivity contribution in [3.05, 3.63) is 40.9 Å². The van der Waals surface area contributed by atoms with Gasteiger partial charge in [-0.25, -0.2) is 0 Å². The van der Waals surface area contributed by atoms with Gasteiger partial charge in [0.2, 0.25) is 0 Å². The highest BCUT2D eigenvalue weighted by Crippen LogP contribution is 2.27. The molecule has 3 heteroatoms. The van der Waals surface area contributed by atoms with Gasteiger partial charge < -0.3 is 10.2 Å². The summed E-state index contributed by atoms with van der Waals surface area (Å²) in [6.45, 7) is 5.83. The lowest BCUT2D eigenvalue weighted by Crippen LogP contribution is -2.48. The molecule has 0 bridgehead atoms. The largest absolute Gasteiger partial charge is 0.382 e. The predicted octanol–water partition coefficient (Wildman–Crippen LogP) is 4.74. The van der Waals surface area contributed by atoms with E-state index in [4.69, 9.17) is 0 Å². The molecule has 0 radical (unpaired) electrons. The van der Waals surface area contributed by atoms with E-state index in [1.54, 1.807) is 0 Å². The van der Waals surface area contributed by atoms with Gasteiger partial charge in [-0.15, -0.1) is 0 Å². The van der Waals surface area contributed by atoms with Crippen LogP contribution in [0.15, 0.2) is 40.9 Å². The number of nitrogens with zero attached hydrogens (tertiary/aromatic N) is 1. The first-order valence-electron chi connectivity index (χ1n) is 7.69. The molecular weight excluding hydrogens is 324 g/mol. The SMILES string of the molecule is CC1CN(C)C(C)CC1Nc1ccc2cc(Br)ccc2c1. The summed E-state index contributed by atoms with van der Waals surface area (Å²) in [5.41, 5.74) is 1.23. The Morgan fingerprint density at radius 1 is 1.10 bits per heavy atom. The maximum Gasteiger partial charge on any atom is 0.0348 e. The predicted molar refractivity (Wildman–Crippen MR) is 94.9 cm³/mol. The van der Waals surface area contributed by atoms with E-state index >= 15 is 0 Å². The number of piperidine rings is 1. The van der Waals surface area contributed by atoms with Crippen LogP contribution in [0, 0.1) is 5.92 Å². The lowest BCUT2D eigenvalue weighted by atomic mass is 9.89. The minimum Gasteiger partial charge on any atom is -0.382 e. The first kappa shape index (κ1) is 14.9. The second-order valence-corrected chi connectivity index (χ2v) is 7.37. The molecule has 3 unspecified atom stereocenters. The van der Waals surface area contributed by atoms with E-state index in [0.29, 0.717) is 18.0 Å². The third-order valence-corrected chi connectivity index (χ3v) is 5.26. The topological polar surface area (TPSA) is 15.3 Å². The summed E-state index contributed by atoms with van der Waals surface area (Å²) in [7, 11) is 2.23. The van der Waals surface area contributed by atoms with Gasteiger partial charge in [0.15, 0.2) is 0 Å². The van der Waals surface area contributed by atoms with Gasteiger partial charge in [0.05, 0.1) is 0 Å². The van der Waals surface area contributed by atoms with Gasteiger partial charge in [-0.1, -0.05) is 35.0 Å². The van der Waals surface area contributed by atoms with Gasteiger partial charge in [-0.3, -0.25) is 0 Å². The van der Waals surface area contributed by atoms with Crippen LogP contribution < -0.4 is 5.32 Å². The monoisotopic (exact) mass is 346 g/mol. The molecule has 0 aromatic heterocycles. The first-order valence-corrected chi connectivity index (χ1v) is 8.48. The molecule has 1 N–H and O–H groups in total. The van der Waals surface area contributed by atoms with Crippen LogP contribution >= 0.6 is 15.9 Å². The molecule has 1 aliphatic rings. The molecule has 3 atom stereocenters. The van der Waals surface area contributed by atoms with Crippen LogP contribution in [0.4, 0.5) is 5.69 Å². The Labute approximate surface area is 135 Å². The Bertz CT molecular complexity index is 640. The molecule has 0 aliphatic carbocycles. The summed E-state index contributed by atoms with van der Waals surface area (Å²) in [6, 6.07) is 14.3. The van der Waals surface area contributed by atoms with Crippen molar-refractivity contribution >= 4 is 32.4 Å². The lowest BCUT2D eigenvalue weighted by Gasteiger charge is -2.40. The van der Waals surface area contributed by atoms with E-state index in [9.17, 15) is 0 Å². The van der Waals surface area contributed by atoms with Crippen molar-refractivity contribution in [3.8, 4) is 0 Å². The van der Waals surface area contributed by atoms with Crippen molar-refractivity contribution in [1.29, 1.82) is 0 Å². The molecule has 0 amide bonds. The zero-order valence-corrected chi connectivity index (χ0v) is 14.5. The van der Waals surface area contributed by atoms with Gasteiger partial charge in [-0.05, 0) is 61.3 Å². The zero-order valence-electron chi connectivity index (χ0n) is 12.9. The normalized spacial score (nSPS) is 27.0. The summed E-state index contributed by atoms with van der Waals surface area (Å²) in [5.74, 6) is 0.673. The lowest BCUT2D eigenvalue weighted by molar-refractivity contribution is 0.145. The average Bonchev–Trinajstić information content (AvgIpc) is 2.45. The van der Waals surface area contributed by atoms with Crippen LogP contribution in [0.3, 0.4) is 0 Å². The Morgan fingerprint density at radius 3 is 2.62 bits per heavy atom. The molecule has 2 nitrogen and oxygen atoms in total. The smallest absolute Gasteiger partial charge is 0.0348 e. The van der Waals surface area contributed by atoms with Gasteiger partial charge in [-0.2, -0.15) is 0 Å². The molecule has 0 spiro atoms. The van der Waals surface area contributed by atoms with Crippen LogP contribution in [0.1, 0.15) is 20.3 Å². The molecule has 3 rings (SSSR count). The van der Waals surface area contributed by atoms with E-state index in [0.717, 1.165) is 4.47 Å². The van der Waals surface area contributed by atoms with E-state index in [1.165, 1.54) is 29.4 Å². The fourth-order valence-corrected chi connectivity index (χ4v) is 3.64. The van der Waals surface area contributed by atoms with E-state index in [1.807, 2.05) is 0 Å². The quantitative estimate of drug-likeness (QED) is 0.844. The highest BCUT2D eigenvalue weighted by atomic mass is 79.9. The van der Waals surface area contributed by atoms with Crippen LogP contribution in [-0.2, 0) is 0 Å². The number of benzene rings is 2. The number of halogens is 1. The van der Waals surface area contributed by atoms with Crippen molar-refractivity contribution in [2.45, 2.75) is 32.4 Å². The number of hydrogen-bond acceptors (Lipinski definition) is 2. The minimum absolute atomic E-state index is 0.559. The van der Waals surface area contributed by atoms with Crippen molar-refractivity contribution in [1.82, 2.24) is 4.90 Å². The molecule has 1 heterocycles. The molecule has 1 fully saturated rings. The van der Waals surface area contributed by atoms with Crippen LogP contribution in [-0.4, -0.2) is 30.6 Å². The van der Waals surface area contributed by atoms with E-state index < -0.39 is 0 Å². The van der Waals surface area contributed by atoms with Gasteiger partial charge in [0.1, 0.15) is 0 Å².